The van der Waals surface area contributed by atoms with Crippen molar-refractivity contribution in [3.8, 4) is 0 Å². The zero-order chi connectivity index (χ0) is 17.7. The third-order valence-electron chi connectivity index (χ3n) is 4.28. The van der Waals surface area contributed by atoms with Crippen molar-refractivity contribution in [3.63, 3.8) is 0 Å². The van der Waals surface area contributed by atoms with Crippen LogP contribution in [-0.2, 0) is 9.59 Å². The van der Waals surface area contributed by atoms with Crippen LogP contribution in [0.15, 0.2) is 30.3 Å². The normalized spacial score (nSPS) is 21.5. The SMILES string of the molecule is CNC(=O)CC1(O)CCCN(C(=O)/C=C(\C)c2ccc(F)cc2)C1. The maximum absolute atomic E-state index is 13.0. The van der Waals surface area contributed by atoms with Crippen LogP contribution < -0.4 is 5.32 Å². The molecular formula is C18H23FN2O3. The number of hydrogen-bond donors (Lipinski definition) is 2. The average molecular weight is 334 g/mol. The first-order valence-corrected chi connectivity index (χ1v) is 7.99. The molecule has 2 rings (SSSR count). The first-order valence-electron chi connectivity index (χ1n) is 7.99. The highest BCUT2D eigenvalue weighted by atomic mass is 19.1. The number of hydrogen-bond acceptors (Lipinski definition) is 3. The monoisotopic (exact) mass is 334 g/mol. The molecule has 0 saturated carbocycles. The second-order valence-corrected chi connectivity index (χ2v) is 6.27. The van der Waals surface area contributed by atoms with E-state index in [1.165, 1.54) is 25.3 Å². The molecular weight excluding hydrogens is 311 g/mol. The van der Waals surface area contributed by atoms with Crippen molar-refractivity contribution in [3.05, 3.63) is 41.7 Å². The first kappa shape index (κ1) is 18.1. The maximum Gasteiger partial charge on any atom is 0.246 e. The molecule has 0 spiro atoms. The topological polar surface area (TPSA) is 69.6 Å². The summed E-state index contributed by atoms with van der Waals surface area (Å²) in [6.07, 6.45) is 2.60. The van der Waals surface area contributed by atoms with Crippen molar-refractivity contribution < 1.29 is 19.1 Å². The van der Waals surface area contributed by atoms with E-state index in [1.807, 2.05) is 0 Å². The number of halogens is 1. The van der Waals surface area contributed by atoms with Gasteiger partial charge in [0, 0.05) is 19.7 Å². The van der Waals surface area contributed by atoms with E-state index in [-0.39, 0.29) is 30.6 Å². The van der Waals surface area contributed by atoms with Crippen molar-refractivity contribution in [1.29, 1.82) is 0 Å². The van der Waals surface area contributed by atoms with Crippen LogP contribution in [-0.4, -0.2) is 47.6 Å². The number of allylic oxidation sites excluding steroid dienone is 1. The van der Waals surface area contributed by atoms with Gasteiger partial charge in [-0.25, -0.2) is 4.39 Å². The van der Waals surface area contributed by atoms with Crippen molar-refractivity contribution in [2.75, 3.05) is 20.1 Å². The Hall–Kier alpha value is -2.21. The van der Waals surface area contributed by atoms with E-state index in [4.69, 9.17) is 0 Å². The zero-order valence-electron chi connectivity index (χ0n) is 14.0. The predicted octanol–water partition coefficient (Wildman–Crippen LogP) is 1.72. The molecule has 1 unspecified atom stereocenters. The highest BCUT2D eigenvalue weighted by Gasteiger charge is 2.36. The van der Waals surface area contributed by atoms with Crippen LogP contribution >= 0.6 is 0 Å². The average Bonchev–Trinajstić information content (AvgIpc) is 2.54. The number of β-amino-alcohol motifs (C(OH)–C–C–N with tert-alkyl or cyclic N) is 1. The highest BCUT2D eigenvalue weighted by molar-refractivity contribution is 5.95. The summed E-state index contributed by atoms with van der Waals surface area (Å²) in [5, 5.41) is 13.1. The fourth-order valence-corrected chi connectivity index (χ4v) is 2.90. The molecule has 1 aromatic carbocycles. The number of carbonyl (C=O) groups is 2. The molecule has 5 nitrogen and oxygen atoms in total. The Bertz CT molecular complexity index is 642. The van der Waals surface area contributed by atoms with E-state index in [9.17, 15) is 19.1 Å². The van der Waals surface area contributed by atoms with Crippen molar-refractivity contribution in [1.82, 2.24) is 10.2 Å². The summed E-state index contributed by atoms with van der Waals surface area (Å²) < 4.78 is 13.0. The summed E-state index contributed by atoms with van der Waals surface area (Å²) >= 11 is 0. The van der Waals surface area contributed by atoms with E-state index in [0.29, 0.717) is 19.4 Å². The summed E-state index contributed by atoms with van der Waals surface area (Å²) in [5.41, 5.74) is 0.300. The minimum absolute atomic E-state index is 0.0199. The minimum atomic E-state index is -1.19. The Morgan fingerprint density at radius 2 is 2.04 bits per heavy atom. The first-order chi connectivity index (χ1) is 11.3. The molecule has 1 heterocycles. The smallest absolute Gasteiger partial charge is 0.246 e. The summed E-state index contributed by atoms with van der Waals surface area (Å²) in [5.74, 6) is -0.787. The second-order valence-electron chi connectivity index (χ2n) is 6.27. The standard InChI is InChI=1S/C18H23FN2O3/c1-13(14-4-6-15(19)7-5-14)10-17(23)21-9-3-8-18(24,12-21)11-16(22)20-2/h4-7,10,24H,3,8-9,11-12H2,1-2H3,(H,20,22)/b13-10+. The molecule has 130 valence electrons. The largest absolute Gasteiger partial charge is 0.388 e. The van der Waals surface area contributed by atoms with Gasteiger partial charge in [-0.15, -0.1) is 0 Å². The summed E-state index contributed by atoms with van der Waals surface area (Å²) in [7, 11) is 1.52. The lowest BCUT2D eigenvalue weighted by atomic mass is 9.89. The van der Waals surface area contributed by atoms with Crippen LogP contribution in [0.4, 0.5) is 4.39 Å². The number of rotatable bonds is 4. The van der Waals surface area contributed by atoms with Gasteiger partial charge in [-0.1, -0.05) is 12.1 Å². The van der Waals surface area contributed by atoms with E-state index >= 15 is 0 Å². The Labute approximate surface area is 141 Å². The molecule has 1 aliphatic heterocycles. The van der Waals surface area contributed by atoms with Crippen molar-refractivity contribution >= 4 is 17.4 Å². The molecule has 0 aliphatic carbocycles. The third kappa shape index (κ3) is 4.64. The van der Waals surface area contributed by atoms with Gasteiger partial charge in [-0.2, -0.15) is 0 Å². The molecule has 6 heteroatoms. The van der Waals surface area contributed by atoms with Crippen LogP contribution in [0.5, 0.6) is 0 Å². The highest BCUT2D eigenvalue weighted by Crippen LogP contribution is 2.25. The molecule has 1 saturated heterocycles. The second kappa shape index (κ2) is 7.57. The number of aliphatic hydroxyl groups is 1. The van der Waals surface area contributed by atoms with Crippen molar-refractivity contribution in [2.45, 2.75) is 31.8 Å². The van der Waals surface area contributed by atoms with Gasteiger partial charge in [-0.05, 0) is 43.0 Å². The summed E-state index contributed by atoms with van der Waals surface area (Å²) in [6, 6.07) is 5.93. The van der Waals surface area contributed by atoms with Gasteiger partial charge < -0.3 is 15.3 Å². The molecule has 2 N–H and O–H groups in total. The van der Waals surface area contributed by atoms with Gasteiger partial charge in [-0.3, -0.25) is 9.59 Å². The maximum atomic E-state index is 13.0. The van der Waals surface area contributed by atoms with Gasteiger partial charge >= 0.3 is 0 Å². The summed E-state index contributed by atoms with van der Waals surface area (Å²) in [4.78, 5) is 25.5. The Kier molecular flexibility index (Phi) is 5.72. The van der Waals surface area contributed by atoms with Gasteiger partial charge in [0.2, 0.25) is 11.8 Å². The van der Waals surface area contributed by atoms with Gasteiger partial charge in [0.25, 0.3) is 0 Å². The van der Waals surface area contributed by atoms with E-state index < -0.39 is 5.60 Å². The van der Waals surface area contributed by atoms with Gasteiger partial charge in [0.15, 0.2) is 0 Å². The molecule has 24 heavy (non-hydrogen) atoms. The van der Waals surface area contributed by atoms with Crippen LogP contribution in [0.25, 0.3) is 5.57 Å². The lowest BCUT2D eigenvalue weighted by molar-refractivity contribution is -0.138. The molecule has 1 fully saturated rings. The third-order valence-corrected chi connectivity index (χ3v) is 4.28. The Morgan fingerprint density at radius 3 is 2.67 bits per heavy atom. The Balaban J connectivity index is 2.07. The zero-order valence-corrected chi connectivity index (χ0v) is 14.0. The molecule has 1 aromatic rings. The fraction of sp³-hybridized carbons (Fsp3) is 0.444. The van der Waals surface area contributed by atoms with E-state index in [1.54, 1.807) is 24.0 Å². The molecule has 0 aromatic heterocycles. The number of nitrogens with zero attached hydrogens (tertiary/aromatic N) is 1. The lowest BCUT2D eigenvalue weighted by Gasteiger charge is -2.38. The number of carbonyl (C=O) groups excluding carboxylic acids is 2. The molecule has 0 radical (unpaired) electrons. The van der Waals surface area contributed by atoms with Crippen LogP contribution in [0, 0.1) is 5.82 Å². The van der Waals surface area contributed by atoms with E-state index in [0.717, 1.165) is 11.1 Å². The summed E-state index contributed by atoms with van der Waals surface area (Å²) in [6.45, 7) is 2.46. The minimum Gasteiger partial charge on any atom is -0.388 e. The van der Waals surface area contributed by atoms with Crippen LogP contribution in [0.3, 0.4) is 0 Å². The van der Waals surface area contributed by atoms with Crippen LogP contribution in [0.2, 0.25) is 0 Å². The number of benzene rings is 1. The predicted molar refractivity (Wildman–Crippen MR) is 89.5 cm³/mol. The Morgan fingerprint density at radius 1 is 1.38 bits per heavy atom. The number of likely N-dealkylation sites (tertiary alicyclic amines) is 1. The molecule has 0 bridgehead atoms. The fourth-order valence-electron chi connectivity index (χ4n) is 2.90. The molecule has 1 aliphatic rings. The molecule has 2 amide bonds. The number of nitrogens with one attached hydrogen (secondary N) is 1. The lowest BCUT2D eigenvalue weighted by Crippen LogP contribution is -2.51. The van der Waals surface area contributed by atoms with Crippen LogP contribution in [0.1, 0.15) is 31.7 Å². The van der Waals surface area contributed by atoms with E-state index in [2.05, 4.69) is 5.32 Å². The molecule has 1 atom stereocenters. The van der Waals surface area contributed by atoms with Crippen molar-refractivity contribution in [2.24, 2.45) is 0 Å². The van der Waals surface area contributed by atoms with Gasteiger partial charge in [0.1, 0.15) is 5.82 Å². The van der Waals surface area contributed by atoms with Gasteiger partial charge in [0.05, 0.1) is 18.6 Å². The number of amides is 2. The number of piperidine rings is 1. The quantitative estimate of drug-likeness (QED) is 0.824.